The number of hydrogen-bond donors (Lipinski definition) is 1. The summed E-state index contributed by atoms with van der Waals surface area (Å²) in [6.45, 7) is 4.64. The number of nitrogens with one attached hydrogen (secondary N) is 1. The van der Waals surface area contributed by atoms with Crippen LogP contribution in [-0.2, 0) is 6.54 Å². The highest BCUT2D eigenvalue weighted by Gasteiger charge is 2.09. The molecule has 2 aromatic rings. The third-order valence-electron chi connectivity index (χ3n) is 3.99. The summed E-state index contributed by atoms with van der Waals surface area (Å²) < 4.78 is 11.1. The first-order valence-corrected chi connectivity index (χ1v) is 8.74. The molecule has 0 heterocycles. The molecule has 2 rings (SSSR count). The Morgan fingerprint density at radius 1 is 1.00 bits per heavy atom. The summed E-state index contributed by atoms with van der Waals surface area (Å²) in [5, 5.41) is 2.87. The Morgan fingerprint density at radius 3 is 2.31 bits per heavy atom. The molecule has 0 radical (unpaired) electrons. The summed E-state index contributed by atoms with van der Waals surface area (Å²) in [7, 11) is 1.60. The van der Waals surface area contributed by atoms with Crippen molar-refractivity contribution in [1.82, 2.24) is 5.32 Å². The van der Waals surface area contributed by atoms with Crippen LogP contribution >= 0.6 is 0 Å². The van der Waals surface area contributed by atoms with Crippen LogP contribution in [0, 0.1) is 0 Å². The van der Waals surface area contributed by atoms with E-state index in [4.69, 9.17) is 9.47 Å². The van der Waals surface area contributed by atoms with Gasteiger partial charge in [0.2, 0.25) is 0 Å². The van der Waals surface area contributed by atoms with Crippen LogP contribution in [0.25, 0.3) is 0 Å². The number of amides is 1. The van der Waals surface area contributed by atoms with E-state index in [0.29, 0.717) is 35.8 Å². The molecule has 0 aliphatic heterocycles. The van der Waals surface area contributed by atoms with Crippen LogP contribution in [-0.4, -0.2) is 25.4 Å². The highest BCUT2D eigenvalue weighted by atomic mass is 16.5. The van der Waals surface area contributed by atoms with Crippen LogP contribution in [0.5, 0.6) is 11.5 Å². The maximum absolute atomic E-state index is 12.2. The average molecular weight is 355 g/mol. The number of carbonyl (C=O) groups is 2. The number of Topliss-reactive ketones (excluding diaryl/α,β-unsaturated/α-hetero) is 1. The first-order chi connectivity index (χ1) is 12.5. The van der Waals surface area contributed by atoms with Gasteiger partial charge in [0.1, 0.15) is 0 Å². The Bertz CT molecular complexity index is 753. The maximum atomic E-state index is 12.2. The third-order valence-corrected chi connectivity index (χ3v) is 3.99. The van der Waals surface area contributed by atoms with Gasteiger partial charge in [-0.15, -0.1) is 0 Å². The Morgan fingerprint density at radius 2 is 1.69 bits per heavy atom. The van der Waals surface area contributed by atoms with Crippen LogP contribution < -0.4 is 14.8 Å². The summed E-state index contributed by atoms with van der Waals surface area (Å²) in [5.74, 6) is 1.14. The van der Waals surface area contributed by atoms with Crippen molar-refractivity contribution in [3.05, 3.63) is 59.2 Å². The molecule has 26 heavy (non-hydrogen) atoms. The maximum Gasteiger partial charge on any atom is 0.251 e. The first kappa shape index (κ1) is 19.5. The van der Waals surface area contributed by atoms with Gasteiger partial charge < -0.3 is 14.8 Å². The monoisotopic (exact) mass is 355 g/mol. The van der Waals surface area contributed by atoms with E-state index >= 15 is 0 Å². The summed E-state index contributed by atoms with van der Waals surface area (Å²) in [6.07, 6.45) is 2.06. The molecule has 1 amide bonds. The lowest BCUT2D eigenvalue weighted by Crippen LogP contribution is -2.22. The molecule has 0 aromatic heterocycles. The van der Waals surface area contributed by atoms with Gasteiger partial charge in [0, 0.05) is 17.7 Å². The summed E-state index contributed by atoms with van der Waals surface area (Å²) in [4.78, 5) is 23.5. The summed E-state index contributed by atoms with van der Waals surface area (Å²) in [6, 6.07) is 12.2. The van der Waals surface area contributed by atoms with Crippen LogP contribution in [0.1, 0.15) is 53.0 Å². The number of rotatable bonds is 9. The molecular formula is C21H25NO4. The van der Waals surface area contributed by atoms with Gasteiger partial charge in [-0.2, -0.15) is 0 Å². The zero-order valence-electron chi connectivity index (χ0n) is 15.5. The van der Waals surface area contributed by atoms with Crippen molar-refractivity contribution in [3.8, 4) is 11.5 Å². The van der Waals surface area contributed by atoms with E-state index in [-0.39, 0.29) is 11.7 Å². The third kappa shape index (κ3) is 5.34. The minimum atomic E-state index is -0.192. The van der Waals surface area contributed by atoms with Gasteiger partial charge >= 0.3 is 0 Å². The van der Waals surface area contributed by atoms with Gasteiger partial charge in [0.25, 0.3) is 5.91 Å². The molecule has 0 atom stereocenters. The van der Waals surface area contributed by atoms with Gasteiger partial charge in [0.05, 0.1) is 13.7 Å². The molecule has 0 aliphatic rings. The average Bonchev–Trinajstić information content (AvgIpc) is 2.66. The second kappa shape index (κ2) is 9.61. The van der Waals surface area contributed by atoms with E-state index in [0.717, 1.165) is 18.4 Å². The molecular weight excluding hydrogens is 330 g/mol. The highest BCUT2D eigenvalue weighted by Crippen LogP contribution is 2.28. The fraction of sp³-hybridized carbons (Fsp3) is 0.333. The van der Waals surface area contributed by atoms with Gasteiger partial charge in [-0.25, -0.2) is 0 Å². The van der Waals surface area contributed by atoms with E-state index in [9.17, 15) is 9.59 Å². The predicted octanol–water partition coefficient (Wildman–Crippen LogP) is 4.01. The van der Waals surface area contributed by atoms with Gasteiger partial charge in [-0.1, -0.05) is 31.5 Å². The fourth-order valence-electron chi connectivity index (χ4n) is 2.41. The fourth-order valence-corrected chi connectivity index (χ4v) is 2.41. The smallest absolute Gasteiger partial charge is 0.251 e. The normalized spacial score (nSPS) is 10.3. The number of ether oxygens (including phenoxy) is 2. The number of hydrogen-bond acceptors (Lipinski definition) is 4. The van der Waals surface area contributed by atoms with E-state index in [1.54, 1.807) is 31.4 Å². The van der Waals surface area contributed by atoms with Gasteiger partial charge in [0.15, 0.2) is 17.3 Å². The van der Waals surface area contributed by atoms with Crippen molar-refractivity contribution in [3.63, 3.8) is 0 Å². The van der Waals surface area contributed by atoms with Crippen molar-refractivity contribution in [2.45, 2.75) is 33.2 Å². The van der Waals surface area contributed by atoms with Crippen molar-refractivity contribution < 1.29 is 19.1 Å². The van der Waals surface area contributed by atoms with E-state index in [1.807, 2.05) is 18.2 Å². The zero-order chi connectivity index (χ0) is 18.9. The molecule has 0 saturated carbocycles. The van der Waals surface area contributed by atoms with Crippen molar-refractivity contribution in [2.24, 2.45) is 0 Å². The lowest BCUT2D eigenvalue weighted by atomic mass is 10.1. The van der Waals surface area contributed by atoms with Gasteiger partial charge in [-0.3, -0.25) is 9.59 Å². The van der Waals surface area contributed by atoms with Crippen molar-refractivity contribution in [1.29, 1.82) is 0 Å². The highest BCUT2D eigenvalue weighted by molar-refractivity contribution is 5.97. The van der Waals surface area contributed by atoms with Gasteiger partial charge in [-0.05, 0) is 43.2 Å². The second-order valence-corrected chi connectivity index (χ2v) is 6.00. The van der Waals surface area contributed by atoms with Crippen LogP contribution in [0.15, 0.2) is 42.5 Å². The first-order valence-electron chi connectivity index (χ1n) is 8.74. The molecule has 0 fully saturated rings. The zero-order valence-corrected chi connectivity index (χ0v) is 15.5. The van der Waals surface area contributed by atoms with Crippen LogP contribution in [0.2, 0.25) is 0 Å². The lowest BCUT2D eigenvalue weighted by Gasteiger charge is -2.12. The molecule has 0 spiro atoms. The molecule has 5 nitrogen and oxygen atoms in total. The molecule has 138 valence electrons. The lowest BCUT2D eigenvalue weighted by molar-refractivity contribution is 0.0948. The Hall–Kier alpha value is -2.82. The molecule has 5 heteroatoms. The van der Waals surface area contributed by atoms with Crippen molar-refractivity contribution >= 4 is 11.7 Å². The number of carbonyl (C=O) groups excluding carboxylic acids is 2. The number of methoxy groups -OCH3 is 1. The molecule has 1 N–H and O–H groups in total. The standard InChI is InChI=1S/C21H25NO4/c1-4-5-12-26-19-11-6-16(13-20(19)25-3)14-22-21(24)18-9-7-17(8-10-18)15(2)23/h6-11,13H,4-5,12,14H2,1-3H3,(H,22,24). The molecule has 0 saturated heterocycles. The Balaban J connectivity index is 1.97. The predicted molar refractivity (Wildman–Crippen MR) is 101 cm³/mol. The minimum Gasteiger partial charge on any atom is -0.493 e. The SMILES string of the molecule is CCCCOc1ccc(CNC(=O)c2ccc(C(C)=O)cc2)cc1OC. The molecule has 0 aliphatic carbocycles. The van der Waals surface area contributed by atoms with Crippen LogP contribution in [0.3, 0.4) is 0 Å². The Labute approximate surface area is 154 Å². The van der Waals surface area contributed by atoms with Crippen molar-refractivity contribution in [2.75, 3.05) is 13.7 Å². The molecule has 2 aromatic carbocycles. The number of unbranched alkanes of at least 4 members (excludes halogenated alkanes) is 1. The largest absolute Gasteiger partial charge is 0.493 e. The number of benzene rings is 2. The topological polar surface area (TPSA) is 64.6 Å². The van der Waals surface area contributed by atoms with E-state index in [2.05, 4.69) is 12.2 Å². The second-order valence-electron chi connectivity index (χ2n) is 6.00. The summed E-state index contributed by atoms with van der Waals surface area (Å²) in [5.41, 5.74) is 2.02. The summed E-state index contributed by atoms with van der Waals surface area (Å²) >= 11 is 0. The minimum absolute atomic E-state index is 0.0229. The quantitative estimate of drug-likeness (QED) is 0.545. The Kier molecular flexibility index (Phi) is 7.21. The van der Waals surface area contributed by atoms with E-state index < -0.39 is 0 Å². The van der Waals surface area contributed by atoms with E-state index in [1.165, 1.54) is 6.92 Å². The molecule has 0 bridgehead atoms. The van der Waals surface area contributed by atoms with Crippen LogP contribution in [0.4, 0.5) is 0 Å². The molecule has 0 unspecified atom stereocenters. The number of ketones is 1.